The molecular weight excluding hydrogens is 218 g/mol. The molecule has 0 heterocycles. The van der Waals surface area contributed by atoms with Crippen LogP contribution in [0.5, 0.6) is 0 Å². The summed E-state index contributed by atoms with van der Waals surface area (Å²) in [6, 6.07) is 6.55. The first-order chi connectivity index (χ1) is 8.68. The molecule has 1 saturated carbocycles. The van der Waals surface area contributed by atoms with E-state index in [0.29, 0.717) is 0 Å². The highest BCUT2D eigenvalue weighted by Gasteiger charge is 2.45. The number of nitrogens with two attached hydrogens (primary N) is 1. The highest BCUT2D eigenvalue weighted by atomic mass is 14.6. The zero-order valence-electron chi connectivity index (χ0n) is 11.7. The molecular formula is C17H25N. The summed E-state index contributed by atoms with van der Waals surface area (Å²) in [5, 5.41) is 0. The SMILES string of the molecule is CC(C)CCCC1C2CCC1c1c(N)cccc12. The van der Waals surface area contributed by atoms with Crippen LogP contribution in [0.25, 0.3) is 0 Å². The van der Waals surface area contributed by atoms with Gasteiger partial charge >= 0.3 is 0 Å². The Morgan fingerprint density at radius 1 is 1.22 bits per heavy atom. The lowest BCUT2D eigenvalue weighted by Gasteiger charge is -2.17. The average molecular weight is 243 g/mol. The summed E-state index contributed by atoms with van der Waals surface area (Å²) in [6.07, 6.45) is 6.94. The van der Waals surface area contributed by atoms with Crippen molar-refractivity contribution >= 4 is 5.69 Å². The van der Waals surface area contributed by atoms with Crippen molar-refractivity contribution in [3.05, 3.63) is 29.3 Å². The first kappa shape index (κ1) is 12.1. The summed E-state index contributed by atoms with van der Waals surface area (Å²) in [5.41, 5.74) is 10.3. The van der Waals surface area contributed by atoms with Crippen molar-refractivity contribution in [3.63, 3.8) is 0 Å². The molecule has 1 heteroatoms. The Kier molecular flexibility index (Phi) is 3.09. The zero-order valence-corrected chi connectivity index (χ0v) is 11.7. The lowest BCUT2D eigenvalue weighted by atomic mass is 9.88. The molecule has 98 valence electrons. The van der Waals surface area contributed by atoms with E-state index in [9.17, 15) is 0 Å². The van der Waals surface area contributed by atoms with Crippen LogP contribution >= 0.6 is 0 Å². The topological polar surface area (TPSA) is 26.0 Å². The molecule has 0 amide bonds. The van der Waals surface area contributed by atoms with E-state index >= 15 is 0 Å². The lowest BCUT2D eigenvalue weighted by molar-refractivity contribution is 0.404. The Balaban J connectivity index is 1.76. The van der Waals surface area contributed by atoms with Gasteiger partial charge in [-0.25, -0.2) is 0 Å². The molecule has 0 aromatic heterocycles. The van der Waals surface area contributed by atoms with Crippen molar-refractivity contribution < 1.29 is 0 Å². The van der Waals surface area contributed by atoms with Crippen molar-refractivity contribution in [3.8, 4) is 0 Å². The van der Waals surface area contributed by atoms with Crippen LogP contribution in [0.1, 0.15) is 68.9 Å². The maximum atomic E-state index is 6.20. The summed E-state index contributed by atoms with van der Waals surface area (Å²) < 4.78 is 0. The predicted octanol–water partition coefficient (Wildman–Crippen LogP) is 4.69. The van der Waals surface area contributed by atoms with Crippen molar-refractivity contribution in [2.45, 2.75) is 57.8 Å². The van der Waals surface area contributed by atoms with Gasteiger partial charge in [-0.15, -0.1) is 0 Å². The molecule has 18 heavy (non-hydrogen) atoms. The van der Waals surface area contributed by atoms with Gasteiger partial charge in [0.2, 0.25) is 0 Å². The van der Waals surface area contributed by atoms with Crippen LogP contribution in [0.2, 0.25) is 0 Å². The van der Waals surface area contributed by atoms with Crippen LogP contribution in [0.15, 0.2) is 18.2 Å². The molecule has 2 bridgehead atoms. The van der Waals surface area contributed by atoms with E-state index in [-0.39, 0.29) is 0 Å². The Bertz CT molecular complexity index is 435. The standard InChI is InChI=1S/C17H25N/c1-11(2)5-3-6-12-13-9-10-15(12)17-14(13)7-4-8-16(17)18/h4,7-8,11-13,15H,3,5-6,9-10,18H2,1-2H3. The van der Waals surface area contributed by atoms with E-state index in [4.69, 9.17) is 5.73 Å². The number of anilines is 1. The molecule has 1 nitrogen and oxygen atoms in total. The third-order valence-electron chi connectivity index (χ3n) is 5.09. The molecule has 0 spiro atoms. The molecule has 2 N–H and O–H groups in total. The maximum absolute atomic E-state index is 6.20. The van der Waals surface area contributed by atoms with Crippen molar-refractivity contribution in [2.75, 3.05) is 5.73 Å². The minimum atomic E-state index is 0.776. The molecule has 0 radical (unpaired) electrons. The summed E-state index contributed by atoms with van der Waals surface area (Å²) in [6.45, 7) is 4.66. The quantitative estimate of drug-likeness (QED) is 0.763. The monoisotopic (exact) mass is 243 g/mol. The van der Waals surface area contributed by atoms with Crippen molar-refractivity contribution in [1.29, 1.82) is 0 Å². The number of hydrogen-bond donors (Lipinski definition) is 1. The highest BCUT2D eigenvalue weighted by Crippen LogP contribution is 2.60. The zero-order chi connectivity index (χ0) is 12.7. The smallest absolute Gasteiger partial charge is 0.0352 e. The first-order valence-electron chi connectivity index (χ1n) is 7.56. The largest absolute Gasteiger partial charge is 0.398 e. The van der Waals surface area contributed by atoms with Gasteiger partial charge in [-0.05, 0) is 60.1 Å². The van der Waals surface area contributed by atoms with Gasteiger partial charge in [0.05, 0.1) is 0 Å². The Morgan fingerprint density at radius 3 is 2.72 bits per heavy atom. The molecule has 2 aliphatic rings. The molecule has 3 rings (SSSR count). The second-order valence-electron chi connectivity index (χ2n) is 6.63. The van der Waals surface area contributed by atoms with Crippen LogP contribution in [-0.2, 0) is 0 Å². The van der Waals surface area contributed by atoms with E-state index in [1.807, 2.05) is 0 Å². The third-order valence-corrected chi connectivity index (χ3v) is 5.09. The number of rotatable bonds is 4. The molecule has 0 saturated heterocycles. The Labute approximate surface area is 111 Å². The van der Waals surface area contributed by atoms with Crippen molar-refractivity contribution in [1.82, 2.24) is 0 Å². The third kappa shape index (κ3) is 1.84. The normalized spacial score (nSPS) is 28.9. The molecule has 1 aromatic rings. The summed E-state index contributed by atoms with van der Waals surface area (Å²) in [5.74, 6) is 3.33. The lowest BCUT2D eigenvalue weighted by Crippen LogP contribution is -2.05. The van der Waals surface area contributed by atoms with Gasteiger partial charge in [-0.2, -0.15) is 0 Å². The first-order valence-corrected chi connectivity index (χ1v) is 7.56. The Morgan fingerprint density at radius 2 is 2.00 bits per heavy atom. The number of fused-ring (bicyclic) bond motifs is 5. The summed E-state index contributed by atoms with van der Waals surface area (Å²) in [7, 11) is 0. The van der Waals surface area contributed by atoms with Gasteiger partial charge in [-0.1, -0.05) is 38.8 Å². The van der Waals surface area contributed by atoms with Gasteiger partial charge in [0, 0.05) is 5.69 Å². The fraction of sp³-hybridized carbons (Fsp3) is 0.647. The van der Waals surface area contributed by atoms with Gasteiger partial charge in [-0.3, -0.25) is 0 Å². The predicted molar refractivity (Wildman–Crippen MR) is 77.7 cm³/mol. The maximum Gasteiger partial charge on any atom is 0.0352 e. The van der Waals surface area contributed by atoms with E-state index in [1.54, 1.807) is 5.56 Å². The highest BCUT2D eigenvalue weighted by molar-refractivity contribution is 5.58. The minimum Gasteiger partial charge on any atom is -0.398 e. The molecule has 1 aromatic carbocycles. The van der Waals surface area contributed by atoms with Gasteiger partial charge in [0.15, 0.2) is 0 Å². The number of hydrogen-bond acceptors (Lipinski definition) is 1. The number of benzene rings is 1. The van der Waals surface area contributed by atoms with Gasteiger partial charge in [0.1, 0.15) is 0 Å². The fourth-order valence-corrected chi connectivity index (χ4v) is 4.33. The summed E-state index contributed by atoms with van der Waals surface area (Å²) >= 11 is 0. The molecule has 0 aliphatic heterocycles. The minimum absolute atomic E-state index is 0.776. The van der Waals surface area contributed by atoms with Crippen LogP contribution in [0.3, 0.4) is 0 Å². The van der Waals surface area contributed by atoms with E-state index in [1.165, 1.54) is 37.7 Å². The van der Waals surface area contributed by atoms with Crippen molar-refractivity contribution in [2.24, 2.45) is 11.8 Å². The van der Waals surface area contributed by atoms with Gasteiger partial charge in [0.25, 0.3) is 0 Å². The second kappa shape index (κ2) is 4.60. The van der Waals surface area contributed by atoms with Crippen LogP contribution in [0.4, 0.5) is 5.69 Å². The Hall–Kier alpha value is -0.980. The van der Waals surface area contributed by atoms with E-state index in [0.717, 1.165) is 29.4 Å². The van der Waals surface area contributed by atoms with Gasteiger partial charge < -0.3 is 5.73 Å². The molecule has 2 aliphatic carbocycles. The average Bonchev–Trinajstić information content (AvgIpc) is 2.85. The molecule has 1 fully saturated rings. The van der Waals surface area contributed by atoms with Crippen LogP contribution < -0.4 is 5.73 Å². The summed E-state index contributed by atoms with van der Waals surface area (Å²) in [4.78, 5) is 0. The molecule has 3 atom stereocenters. The van der Waals surface area contributed by atoms with Crippen LogP contribution in [-0.4, -0.2) is 0 Å². The fourth-order valence-electron chi connectivity index (χ4n) is 4.33. The van der Waals surface area contributed by atoms with E-state index < -0.39 is 0 Å². The number of nitrogen functional groups attached to an aromatic ring is 1. The second-order valence-corrected chi connectivity index (χ2v) is 6.63. The van der Waals surface area contributed by atoms with Crippen LogP contribution in [0, 0.1) is 11.8 Å². The molecule has 3 unspecified atom stereocenters. The van der Waals surface area contributed by atoms with E-state index in [2.05, 4.69) is 32.0 Å².